The molecule has 0 rings (SSSR count). The van der Waals surface area contributed by atoms with Crippen LogP contribution in [0.5, 0.6) is 0 Å². The standard InChI is InChI=1S/C44H82NO8P/c1-6-8-10-12-14-16-18-20-22-24-26-28-30-32-34-36-43(46)50-40-42(41-52-54(48,49)51-39-38-45(3,4)5)53-44(47)37-35-33-31-29-27-25-23-21-19-17-15-13-11-9-7-2/h20,22,26,28,31,33,42H,6-19,21,23-25,27,29-30,32,34-41H2,1-5H3/p+1/b22-20+,28-26+,33-31+/t42-/m1/s1. The van der Waals surface area contributed by atoms with E-state index in [0.29, 0.717) is 23.9 Å². The smallest absolute Gasteiger partial charge is 0.462 e. The van der Waals surface area contributed by atoms with Gasteiger partial charge in [0, 0.05) is 12.8 Å². The van der Waals surface area contributed by atoms with Gasteiger partial charge in [-0.25, -0.2) is 4.57 Å². The van der Waals surface area contributed by atoms with Gasteiger partial charge in [-0.2, -0.15) is 0 Å². The zero-order chi connectivity index (χ0) is 40.0. The third-order valence-electron chi connectivity index (χ3n) is 9.16. The number of carbonyl (C=O) groups excluding carboxylic acids is 2. The van der Waals surface area contributed by atoms with Crippen LogP contribution in [0.15, 0.2) is 36.5 Å². The van der Waals surface area contributed by atoms with E-state index < -0.39 is 32.5 Å². The molecule has 0 aromatic carbocycles. The second-order valence-corrected chi connectivity index (χ2v) is 17.2. The molecule has 9 nitrogen and oxygen atoms in total. The lowest BCUT2D eigenvalue weighted by Gasteiger charge is -2.24. The predicted molar refractivity (Wildman–Crippen MR) is 224 cm³/mol. The highest BCUT2D eigenvalue weighted by Gasteiger charge is 2.27. The number of phosphoric acid groups is 1. The molecule has 316 valence electrons. The lowest BCUT2D eigenvalue weighted by atomic mass is 10.1. The lowest BCUT2D eigenvalue weighted by molar-refractivity contribution is -0.870. The number of esters is 2. The number of carbonyl (C=O) groups is 2. The molecule has 0 spiro atoms. The van der Waals surface area contributed by atoms with Crippen molar-refractivity contribution < 1.29 is 42.1 Å². The number of allylic oxidation sites excluding steroid dienone is 6. The van der Waals surface area contributed by atoms with Crippen LogP contribution in [0.3, 0.4) is 0 Å². The average molecular weight is 785 g/mol. The summed E-state index contributed by atoms with van der Waals surface area (Å²) in [6.45, 7) is 4.33. The Kier molecular flexibility index (Phi) is 35.6. The molecule has 0 radical (unpaired) electrons. The van der Waals surface area contributed by atoms with E-state index >= 15 is 0 Å². The first-order chi connectivity index (χ1) is 26.0. The van der Waals surface area contributed by atoms with E-state index in [-0.39, 0.29) is 26.1 Å². The van der Waals surface area contributed by atoms with Crippen molar-refractivity contribution in [2.24, 2.45) is 0 Å². The van der Waals surface area contributed by atoms with Crippen molar-refractivity contribution in [1.82, 2.24) is 0 Å². The van der Waals surface area contributed by atoms with Gasteiger partial charge in [-0.15, -0.1) is 0 Å². The van der Waals surface area contributed by atoms with Gasteiger partial charge < -0.3 is 18.9 Å². The summed E-state index contributed by atoms with van der Waals surface area (Å²) in [5.41, 5.74) is 0. The molecule has 0 aliphatic rings. The molecule has 1 N–H and O–H groups in total. The fourth-order valence-corrected chi connectivity index (χ4v) is 6.45. The van der Waals surface area contributed by atoms with Crippen LogP contribution in [0.2, 0.25) is 0 Å². The van der Waals surface area contributed by atoms with Crippen molar-refractivity contribution in [2.45, 2.75) is 187 Å². The largest absolute Gasteiger partial charge is 0.472 e. The lowest BCUT2D eigenvalue weighted by Crippen LogP contribution is -2.37. The normalized spacial score (nSPS) is 14.0. The van der Waals surface area contributed by atoms with Crippen LogP contribution in [-0.2, 0) is 32.7 Å². The molecular formula is C44H83NO8P+. The zero-order valence-corrected chi connectivity index (χ0v) is 36.3. The average Bonchev–Trinajstić information content (AvgIpc) is 3.12. The number of hydrogen-bond donors (Lipinski definition) is 1. The highest BCUT2D eigenvalue weighted by Crippen LogP contribution is 2.43. The summed E-state index contributed by atoms with van der Waals surface area (Å²) in [7, 11) is 1.44. The Morgan fingerprint density at radius 3 is 1.56 bits per heavy atom. The van der Waals surface area contributed by atoms with Gasteiger partial charge in [-0.05, 0) is 57.8 Å². The molecule has 0 aliphatic carbocycles. The maximum absolute atomic E-state index is 12.6. The predicted octanol–water partition coefficient (Wildman–Crippen LogP) is 12.1. The van der Waals surface area contributed by atoms with E-state index in [1.807, 2.05) is 27.2 Å². The van der Waals surface area contributed by atoms with E-state index in [1.165, 1.54) is 103 Å². The summed E-state index contributed by atoms with van der Waals surface area (Å²) < 4.78 is 34.2. The molecule has 0 aliphatic heterocycles. The van der Waals surface area contributed by atoms with Gasteiger partial charge >= 0.3 is 19.8 Å². The second-order valence-electron chi connectivity index (χ2n) is 15.7. The van der Waals surface area contributed by atoms with Crippen molar-refractivity contribution in [3.8, 4) is 0 Å². The van der Waals surface area contributed by atoms with Crippen LogP contribution >= 0.6 is 7.82 Å². The van der Waals surface area contributed by atoms with Crippen molar-refractivity contribution >= 4 is 19.8 Å². The molecule has 0 aromatic heterocycles. The second kappa shape index (κ2) is 36.8. The number of quaternary nitrogens is 1. The first-order valence-electron chi connectivity index (χ1n) is 21.7. The van der Waals surface area contributed by atoms with Gasteiger partial charge in [0.05, 0.1) is 27.7 Å². The molecule has 1 unspecified atom stereocenters. The van der Waals surface area contributed by atoms with Gasteiger partial charge in [0.15, 0.2) is 6.10 Å². The van der Waals surface area contributed by atoms with Gasteiger partial charge in [-0.1, -0.05) is 147 Å². The van der Waals surface area contributed by atoms with Crippen molar-refractivity contribution in [2.75, 3.05) is 47.5 Å². The highest BCUT2D eigenvalue weighted by atomic mass is 31.2. The van der Waals surface area contributed by atoms with Gasteiger partial charge in [0.1, 0.15) is 19.8 Å². The molecule has 2 atom stereocenters. The third-order valence-corrected chi connectivity index (χ3v) is 10.1. The number of nitrogens with zero attached hydrogens (tertiary/aromatic N) is 1. The van der Waals surface area contributed by atoms with Crippen LogP contribution in [0.1, 0.15) is 181 Å². The fraction of sp³-hybridized carbons (Fsp3) is 0.818. The summed E-state index contributed by atoms with van der Waals surface area (Å²) in [6.07, 6.45) is 40.7. The van der Waals surface area contributed by atoms with Gasteiger partial charge in [0.2, 0.25) is 0 Å². The number of phosphoric ester groups is 1. The molecule has 0 saturated heterocycles. The summed E-state index contributed by atoms with van der Waals surface area (Å²) in [5.74, 6) is -0.892. The van der Waals surface area contributed by atoms with Crippen molar-refractivity contribution in [3.63, 3.8) is 0 Å². The maximum Gasteiger partial charge on any atom is 0.472 e. The van der Waals surface area contributed by atoms with Crippen LogP contribution in [0.4, 0.5) is 0 Å². The van der Waals surface area contributed by atoms with Crippen molar-refractivity contribution in [3.05, 3.63) is 36.5 Å². The van der Waals surface area contributed by atoms with E-state index in [4.69, 9.17) is 18.5 Å². The Hall–Kier alpha value is -1.77. The molecule has 0 fully saturated rings. The molecule has 54 heavy (non-hydrogen) atoms. The topological polar surface area (TPSA) is 108 Å². The number of rotatable bonds is 39. The summed E-state index contributed by atoms with van der Waals surface area (Å²) in [5, 5.41) is 0. The van der Waals surface area contributed by atoms with Crippen LogP contribution in [0, 0.1) is 0 Å². The van der Waals surface area contributed by atoms with E-state index in [2.05, 4.69) is 44.2 Å². The zero-order valence-electron chi connectivity index (χ0n) is 35.5. The van der Waals surface area contributed by atoms with Crippen LogP contribution < -0.4 is 0 Å². The minimum Gasteiger partial charge on any atom is -0.462 e. The van der Waals surface area contributed by atoms with E-state index in [0.717, 1.165) is 38.5 Å². The minimum absolute atomic E-state index is 0.0212. The van der Waals surface area contributed by atoms with E-state index in [1.54, 1.807) is 0 Å². The first kappa shape index (κ1) is 52.2. The van der Waals surface area contributed by atoms with Crippen molar-refractivity contribution in [1.29, 1.82) is 0 Å². The Labute approximate surface area is 331 Å². The Balaban J connectivity index is 4.46. The Morgan fingerprint density at radius 1 is 0.574 bits per heavy atom. The van der Waals surface area contributed by atoms with Gasteiger partial charge in [-0.3, -0.25) is 18.6 Å². The molecule has 0 aromatic rings. The summed E-state index contributed by atoms with van der Waals surface area (Å²) >= 11 is 0. The minimum atomic E-state index is -4.39. The first-order valence-corrected chi connectivity index (χ1v) is 23.2. The maximum atomic E-state index is 12.6. The number of ether oxygens (including phenoxy) is 2. The van der Waals surface area contributed by atoms with E-state index in [9.17, 15) is 19.0 Å². The molecular weight excluding hydrogens is 701 g/mol. The number of hydrogen-bond acceptors (Lipinski definition) is 7. The highest BCUT2D eigenvalue weighted by molar-refractivity contribution is 7.47. The Morgan fingerprint density at radius 2 is 1.04 bits per heavy atom. The molecule has 0 saturated carbocycles. The quantitative estimate of drug-likeness (QED) is 0.0216. The van der Waals surface area contributed by atoms with Crippen LogP contribution in [0.25, 0.3) is 0 Å². The molecule has 10 heteroatoms. The monoisotopic (exact) mass is 785 g/mol. The fourth-order valence-electron chi connectivity index (χ4n) is 5.71. The molecule has 0 bridgehead atoms. The molecule has 0 amide bonds. The number of likely N-dealkylation sites (N-methyl/N-ethyl adjacent to an activating group) is 1. The Bertz CT molecular complexity index is 1020. The summed E-state index contributed by atoms with van der Waals surface area (Å²) in [4.78, 5) is 35.3. The third kappa shape index (κ3) is 39.9. The summed E-state index contributed by atoms with van der Waals surface area (Å²) in [6, 6.07) is 0. The van der Waals surface area contributed by atoms with Gasteiger partial charge in [0.25, 0.3) is 0 Å². The SMILES string of the molecule is CCCCCCCC/C=C/C/C=C/CCCCC(=O)OC[C@H](COP(=O)(O)OCC[N+](C)(C)C)OC(=O)CC/C=C/CCCCCCCCCCCCC. The number of unbranched alkanes of at least 4 members (excludes halogenated alkanes) is 19. The molecule has 0 heterocycles. The van der Waals surface area contributed by atoms with Crippen LogP contribution in [-0.4, -0.2) is 74.9 Å².